The van der Waals surface area contributed by atoms with E-state index in [1.165, 1.54) is 29.2 Å². The number of aromatic nitrogens is 3. The number of hydrogen-bond acceptors (Lipinski definition) is 6. The molecule has 0 saturated carbocycles. The molecule has 1 aliphatic heterocycles. The number of benzene rings is 1. The number of carbonyl (C=O) groups is 1. The fourth-order valence-electron chi connectivity index (χ4n) is 2.09. The van der Waals surface area contributed by atoms with Crippen LogP contribution in [0.5, 0.6) is 0 Å². The van der Waals surface area contributed by atoms with Gasteiger partial charge in [0.05, 0.1) is 18.1 Å². The fraction of sp³-hybridized carbons (Fsp3) is 0.308. The number of carbonyl (C=O) groups excluding carboxylic acids is 1. The first-order valence-electron chi connectivity index (χ1n) is 6.78. The monoisotopic (exact) mass is 356 g/mol. The zero-order valence-electron chi connectivity index (χ0n) is 11.9. The van der Waals surface area contributed by atoms with E-state index in [4.69, 9.17) is 16.3 Å². The predicted molar refractivity (Wildman–Crippen MR) is 80.8 cm³/mol. The van der Waals surface area contributed by atoms with Crippen molar-refractivity contribution in [3.05, 3.63) is 41.4 Å². The van der Waals surface area contributed by atoms with Crippen molar-refractivity contribution < 1.29 is 17.9 Å². The van der Waals surface area contributed by atoms with Crippen molar-refractivity contribution >= 4 is 27.5 Å². The van der Waals surface area contributed by atoms with Gasteiger partial charge in [0, 0.05) is 18.1 Å². The molecule has 1 aromatic carbocycles. The van der Waals surface area contributed by atoms with E-state index in [1.807, 2.05) is 0 Å². The molecule has 0 unspecified atom stereocenters. The van der Waals surface area contributed by atoms with E-state index in [0.717, 1.165) is 6.33 Å². The number of rotatable bonds is 3. The van der Waals surface area contributed by atoms with Gasteiger partial charge in [-0.25, -0.2) is 4.98 Å². The van der Waals surface area contributed by atoms with Crippen LogP contribution in [-0.4, -0.2) is 59.7 Å². The van der Waals surface area contributed by atoms with Gasteiger partial charge in [-0.1, -0.05) is 11.6 Å². The molecular formula is C13H13ClN4O4S. The van der Waals surface area contributed by atoms with Gasteiger partial charge in [-0.2, -0.15) is 8.42 Å². The zero-order chi connectivity index (χ0) is 16.4. The Labute approximate surface area is 137 Å². The highest BCUT2D eigenvalue weighted by Gasteiger charge is 2.25. The molecule has 1 fully saturated rings. The molecule has 10 heteroatoms. The third-order valence-corrected chi connectivity index (χ3v) is 5.11. The second-order valence-electron chi connectivity index (χ2n) is 4.80. The van der Waals surface area contributed by atoms with E-state index < -0.39 is 15.9 Å². The Hall–Kier alpha value is -1.97. The van der Waals surface area contributed by atoms with E-state index in [2.05, 4.69) is 10.1 Å². The predicted octanol–water partition coefficient (Wildman–Crippen LogP) is 0.641. The number of morpholine rings is 1. The Bertz CT molecular complexity index is 813. The highest BCUT2D eigenvalue weighted by atomic mass is 35.5. The first-order chi connectivity index (χ1) is 11.0. The third kappa shape index (κ3) is 3.21. The highest BCUT2D eigenvalue weighted by molar-refractivity contribution is 7.89. The summed E-state index contributed by atoms with van der Waals surface area (Å²) >= 11 is 5.75. The summed E-state index contributed by atoms with van der Waals surface area (Å²) in [4.78, 5) is 17.6. The van der Waals surface area contributed by atoms with Crippen LogP contribution in [0.4, 0.5) is 0 Å². The van der Waals surface area contributed by atoms with E-state index in [1.54, 1.807) is 0 Å². The number of halogens is 1. The molecule has 0 aliphatic carbocycles. The minimum atomic E-state index is -3.91. The van der Waals surface area contributed by atoms with Gasteiger partial charge in [-0.3, -0.25) is 4.79 Å². The summed E-state index contributed by atoms with van der Waals surface area (Å²) in [5.74, 6) is -0.581. The topological polar surface area (TPSA) is 94.4 Å². The largest absolute Gasteiger partial charge is 0.378 e. The van der Waals surface area contributed by atoms with Crippen molar-refractivity contribution in [3.63, 3.8) is 0 Å². The number of hydrogen-bond donors (Lipinski definition) is 0. The van der Waals surface area contributed by atoms with Gasteiger partial charge in [0.15, 0.2) is 0 Å². The standard InChI is InChI=1S/C13H13ClN4O4S/c14-10-1-3-11(4-2-10)23(20,21)18-9-15-12(16-18)13(19)17-5-7-22-8-6-17/h1-4,9H,5-8H2. The van der Waals surface area contributed by atoms with Crippen molar-refractivity contribution in [2.75, 3.05) is 26.3 Å². The lowest BCUT2D eigenvalue weighted by Gasteiger charge is -2.25. The average Bonchev–Trinajstić information content (AvgIpc) is 3.06. The van der Waals surface area contributed by atoms with Crippen LogP contribution in [-0.2, 0) is 14.8 Å². The summed E-state index contributed by atoms with van der Waals surface area (Å²) < 4.78 is 30.7. The molecule has 0 N–H and O–H groups in total. The van der Waals surface area contributed by atoms with Gasteiger partial charge in [0.25, 0.3) is 15.9 Å². The zero-order valence-corrected chi connectivity index (χ0v) is 13.5. The number of amides is 1. The van der Waals surface area contributed by atoms with Gasteiger partial charge in [-0.05, 0) is 24.3 Å². The van der Waals surface area contributed by atoms with Crippen molar-refractivity contribution in [1.29, 1.82) is 0 Å². The highest BCUT2D eigenvalue weighted by Crippen LogP contribution is 2.16. The van der Waals surface area contributed by atoms with Crippen LogP contribution in [0, 0.1) is 0 Å². The summed E-state index contributed by atoms with van der Waals surface area (Å²) in [7, 11) is -3.91. The minimum Gasteiger partial charge on any atom is -0.378 e. The molecule has 3 rings (SSSR count). The molecule has 1 amide bonds. The van der Waals surface area contributed by atoms with Gasteiger partial charge in [0.1, 0.15) is 6.33 Å². The lowest BCUT2D eigenvalue weighted by Crippen LogP contribution is -2.41. The molecule has 1 saturated heterocycles. The maximum absolute atomic E-state index is 12.4. The van der Waals surface area contributed by atoms with Crippen LogP contribution in [0.25, 0.3) is 0 Å². The molecular weight excluding hydrogens is 344 g/mol. The Kier molecular flexibility index (Phi) is 4.33. The van der Waals surface area contributed by atoms with Gasteiger partial charge in [0.2, 0.25) is 5.82 Å². The van der Waals surface area contributed by atoms with Crippen molar-refractivity contribution in [3.8, 4) is 0 Å². The molecule has 1 aliphatic rings. The molecule has 1 aromatic heterocycles. The molecule has 0 radical (unpaired) electrons. The van der Waals surface area contributed by atoms with E-state index in [9.17, 15) is 13.2 Å². The lowest BCUT2D eigenvalue weighted by molar-refractivity contribution is 0.0295. The molecule has 2 aromatic rings. The summed E-state index contributed by atoms with van der Waals surface area (Å²) in [5, 5.41) is 4.23. The normalized spacial score (nSPS) is 15.6. The van der Waals surface area contributed by atoms with Crippen LogP contribution < -0.4 is 0 Å². The van der Waals surface area contributed by atoms with Gasteiger partial charge < -0.3 is 9.64 Å². The Balaban J connectivity index is 1.86. The smallest absolute Gasteiger partial charge is 0.293 e. The van der Waals surface area contributed by atoms with Crippen molar-refractivity contribution in [2.45, 2.75) is 4.90 Å². The average molecular weight is 357 g/mol. The molecule has 0 bridgehead atoms. The lowest BCUT2D eigenvalue weighted by atomic mass is 10.4. The summed E-state index contributed by atoms with van der Waals surface area (Å²) in [5.41, 5.74) is 0. The molecule has 8 nitrogen and oxygen atoms in total. The molecule has 0 atom stereocenters. The Morgan fingerprint density at radius 2 is 1.83 bits per heavy atom. The third-order valence-electron chi connectivity index (χ3n) is 3.32. The van der Waals surface area contributed by atoms with E-state index >= 15 is 0 Å². The van der Waals surface area contributed by atoms with Crippen LogP contribution in [0.3, 0.4) is 0 Å². The molecule has 0 spiro atoms. The van der Waals surface area contributed by atoms with Crippen LogP contribution in [0.1, 0.15) is 10.6 Å². The van der Waals surface area contributed by atoms with Gasteiger partial charge in [-0.15, -0.1) is 9.19 Å². The first kappa shape index (κ1) is 15.9. The van der Waals surface area contributed by atoms with E-state index in [0.29, 0.717) is 35.4 Å². The first-order valence-corrected chi connectivity index (χ1v) is 8.60. The second-order valence-corrected chi connectivity index (χ2v) is 7.04. The maximum Gasteiger partial charge on any atom is 0.293 e. The second kappa shape index (κ2) is 6.26. The quantitative estimate of drug-likeness (QED) is 0.801. The summed E-state index contributed by atoms with van der Waals surface area (Å²) in [6.45, 7) is 1.74. The molecule has 23 heavy (non-hydrogen) atoms. The minimum absolute atomic E-state index is 0.0113. The Morgan fingerprint density at radius 1 is 1.17 bits per heavy atom. The maximum atomic E-state index is 12.4. The summed E-state index contributed by atoms with van der Waals surface area (Å²) in [6, 6.07) is 5.65. The molecule has 122 valence electrons. The van der Waals surface area contributed by atoms with Crippen LogP contribution in [0.15, 0.2) is 35.5 Å². The number of ether oxygens (including phenoxy) is 1. The SMILES string of the molecule is O=C(c1ncn(S(=O)(=O)c2ccc(Cl)cc2)n1)N1CCOCC1. The van der Waals surface area contributed by atoms with Crippen LogP contribution in [0.2, 0.25) is 5.02 Å². The molecule has 2 heterocycles. The number of nitrogens with zero attached hydrogens (tertiary/aromatic N) is 4. The van der Waals surface area contributed by atoms with E-state index in [-0.39, 0.29) is 10.7 Å². The summed E-state index contributed by atoms with van der Waals surface area (Å²) in [6.07, 6.45) is 1.01. The van der Waals surface area contributed by atoms with Crippen molar-refractivity contribution in [2.24, 2.45) is 0 Å². The van der Waals surface area contributed by atoms with Crippen LogP contribution >= 0.6 is 11.6 Å². The Morgan fingerprint density at radius 3 is 2.48 bits per heavy atom. The fourth-order valence-corrected chi connectivity index (χ4v) is 3.26. The van der Waals surface area contributed by atoms with Gasteiger partial charge >= 0.3 is 0 Å². The van der Waals surface area contributed by atoms with Crippen molar-refractivity contribution in [1.82, 2.24) is 19.1 Å².